The summed E-state index contributed by atoms with van der Waals surface area (Å²) in [5.41, 5.74) is 4.86. The van der Waals surface area contributed by atoms with Crippen molar-refractivity contribution in [1.29, 1.82) is 5.26 Å². The summed E-state index contributed by atoms with van der Waals surface area (Å²) in [6.45, 7) is 2.22. The topological polar surface area (TPSA) is 69.0 Å². The van der Waals surface area contributed by atoms with Gasteiger partial charge in [-0.15, -0.1) is 0 Å². The number of fused-ring (bicyclic) bond motifs is 1. The van der Waals surface area contributed by atoms with Gasteiger partial charge in [0.1, 0.15) is 11.1 Å². The van der Waals surface area contributed by atoms with E-state index in [-0.39, 0.29) is 11.7 Å². The first-order valence-electron chi connectivity index (χ1n) is 9.93. The molecule has 1 aliphatic heterocycles. The maximum absolute atomic E-state index is 12.4. The van der Waals surface area contributed by atoms with Gasteiger partial charge in [0.05, 0.1) is 11.3 Å². The zero-order valence-electron chi connectivity index (χ0n) is 15.9. The molecule has 5 nitrogen and oxygen atoms in total. The molecule has 1 aromatic carbocycles. The van der Waals surface area contributed by atoms with Crippen LogP contribution in [0.5, 0.6) is 0 Å². The lowest BCUT2D eigenvalue weighted by atomic mass is 9.95. The van der Waals surface area contributed by atoms with Crippen molar-refractivity contribution in [2.75, 3.05) is 29.1 Å². The lowest BCUT2D eigenvalue weighted by Crippen LogP contribution is -2.18. The van der Waals surface area contributed by atoms with Gasteiger partial charge in [0.2, 0.25) is 5.91 Å². The lowest BCUT2D eigenvalue weighted by Gasteiger charge is -2.18. The highest BCUT2D eigenvalue weighted by Gasteiger charge is 2.17. The third kappa shape index (κ3) is 4.31. The lowest BCUT2D eigenvalue weighted by molar-refractivity contribution is -0.113. The Morgan fingerprint density at radius 1 is 1.14 bits per heavy atom. The number of anilines is 2. The number of carbonyl (C=O) groups excluding carboxylic acids is 1. The molecule has 0 radical (unpaired) electrons. The van der Waals surface area contributed by atoms with Crippen molar-refractivity contribution >= 4 is 29.0 Å². The molecule has 144 valence electrons. The Balaban J connectivity index is 1.36. The van der Waals surface area contributed by atoms with Crippen LogP contribution in [-0.2, 0) is 17.6 Å². The van der Waals surface area contributed by atoms with Crippen LogP contribution in [-0.4, -0.2) is 29.7 Å². The maximum Gasteiger partial charge on any atom is 0.234 e. The molecule has 0 bridgehead atoms. The molecular formula is C22H24N4OS. The number of aromatic nitrogens is 1. The largest absolute Gasteiger partial charge is 0.372 e. The summed E-state index contributed by atoms with van der Waals surface area (Å²) in [7, 11) is 0. The summed E-state index contributed by atoms with van der Waals surface area (Å²) in [4.78, 5) is 19.4. The van der Waals surface area contributed by atoms with Gasteiger partial charge in [-0.3, -0.25) is 4.79 Å². The monoisotopic (exact) mass is 392 g/mol. The van der Waals surface area contributed by atoms with Gasteiger partial charge >= 0.3 is 0 Å². The van der Waals surface area contributed by atoms with Crippen LogP contribution in [0.25, 0.3) is 0 Å². The second-order valence-electron chi connectivity index (χ2n) is 7.34. The van der Waals surface area contributed by atoms with Crippen molar-refractivity contribution in [2.45, 2.75) is 43.6 Å². The third-order valence-electron chi connectivity index (χ3n) is 5.35. The first-order valence-corrected chi connectivity index (χ1v) is 10.9. The van der Waals surface area contributed by atoms with Gasteiger partial charge in [0, 0.05) is 30.2 Å². The highest BCUT2D eigenvalue weighted by molar-refractivity contribution is 8.00. The smallest absolute Gasteiger partial charge is 0.234 e. The number of carbonyl (C=O) groups is 1. The van der Waals surface area contributed by atoms with Crippen LogP contribution in [0, 0.1) is 11.3 Å². The van der Waals surface area contributed by atoms with Crippen LogP contribution in [0.2, 0.25) is 0 Å². The number of hydrogen-bond donors (Lipinski definition) is 1. The molecule has 2 heterocycles. The number of nitrogens with one attached hydrogen (secondary N) is 1. The number of pyridine rings is 1. The molecule has 0 unspecified atom stereocenters. The molecule has 2 aromatic rings. The van der Waals surface area contributed by atoms with Crippen molar-refractivity contribution in [3.63, 3.8) is 0 Å². The summed E-state index contributed by atoms with van der Waals surface area (Å²) >= 11 is 1.34. The Kier molecular flexibility index (Phi) is 5.82. The van der Waals surface area contributed by atoms with E-state index >= 15 is 0 Å². The zero-order chi connectivity index (χ0) is 19.3. The van der Waals surface area contributed by atoms with Crippen molar-refractivity contribution in [1.82, 2.24) is 4.98 Å². The first-order chi connectivity index (χ1) is 13.7. The molecule has 1 N–H and O–H groups in total. The molecule has 1 amide bonds. The average molecular weight is 393 g/mol. The van der Waals surface area contributed by atoms with E-state index in [0.717, 1.165) is 50.2 Å². The van der Waals surface area contributed by atoms with E-state index in [1.807, 2.05) is 18.2 Å². The van der Waals surface area contributed by atoms with Crippen LogP contribution >= 0.6 is 11.8 Å². The summed E-state index contributed by atoms with van der Waals surface area (Å²) in [6.07, 6.45) is 6.75. The number of aryl methyl sites for hydroxylation is 2. The second kappa shape index (κ2) is 8.66. The summed E-state index contributed by atoms with van der Waals surface area (Å²) in [5, 5.41) is 13.0. The minimum atomic E-state index is -0.0812. The van der Waals surface area contributed by atoms with Gasteiger partial charge < -0.3 is 10.2 Å². The minimum absolute atomic E-state index is 0.0812. The Morgan fingerprint density at radius 2 is 1.89 bits per heavy atom. The Labute approximate surface area is 170 Å². The summed E-state index contributed by atoms with van der Waals surface area (Å²) in [6, 6.07) is 12.2. The molecule has 1 fully saturated rings. The number of nitriles is 1. The van der Waals surface area contributed by atoms with Crippen molar-refractivity contribution in [2.24, 2.45) is 0 Å². The van der Waals surface area contributed by atoms with Gasteiger partial charge in [0.15, 0.2) is 0 Å². The molecule has 0 spiro atoms. The van der Waals surface area contributed by atoms with Crippen molar-refractivity contribution < 1.29 is 4.79 Å². The Bertz CT molecular complexity index is 898. The molecule has 0 saturated carbocycles. The molecule has 1 aromatic heterocycles. The molecule has 28 heavy (non-hydrogen) atoms. The Morgan fingerprint density at radius 3 is 2.64 bits per heavy atom. The number of amides is 1. The number of rotatable bonds is 5. The third-order valence-corrected chi connectivity index (χ3v) is 6.34. The standard InChI is InChI=1S/C22H24N4OS/c23-14-17-13-16-5-1-2-6-20(16)25-22(17)28-15-21(27)24-18-7-9-19(10-8-18)26-11-3-4-12-26/h7-10,13H,1-6,11-12,15H2,(H,24,27). The quantitative estimate of drug-likeness (QED) is 0.774. The fourth-order valence-corrected chi connectivity index (χ4v) is 4.64. The van der Waals surface area contributed by atoms with Crippen LogP contribution in [0.3, 0.4) is 0 Å². The number of nitrogens with zero attached hydrogens (tertiary/aromatic N) is 3. The van der Waals surface area contributed by atoms with Gasteiger partial charge in [-0.05, 0) is 74.4 Å². The van der Waals surface area contributed by atoms with Crippen molar-refractivity contribution in [3.8, 4) is 6.07 Å². The molecule has 6 heteroatoms. The number of benzene rings is 1. The van der Waals surface area contributed by atoms with E-state index in [4.69, 9.17) is 0 Å². The normalized spacial score (nSPS) is 15.8. The fraction of sp³-hybridized carbons (Fsp3) is 0.409. The molecule has 4 rings (SSSR count). The van der Waals surface area contributed by atoms with Crippen LogP contribution < -0.4 is 10.2 Å². The highest BCUT2D eigenvalue weighted by atomic mass is 32.2. The maximum atomic E-state index is 12.4. The average Bonchev–Trinajstić information content (AvgIpc) is 3.27. The van der Waals surface area contributed by atoms with Gasteiger partial charge in [-0.25, -0.2) is 4.98 Å². The second-order valence-corrected chi connectivity index (χ2v) is 8.31. The minimum Gasteiger partial charge on any atom is -0.372 e. The molecule has 0 atom stereocenters. The van der Waals surface area contributed by atoms with E-state index < -0.39 is 0 Å². The van der Waals surface area contributed by atoms with Crippen LogP contribution in [0.4, 0.5) is 11.4 Å². The Hall–Kier alpha value is -2.52. The van der Waals surface area contributed by atoms with Crippen LogP contribution in [0.1, 0.15) is 42.5 Å². The fourth-order valence-electron chi connectivity index (χ4n) is 3.87. The predicted molar refractivity (Wildman–Crippen MR) is 113 cm³/mol. The predicted octanol–water partition coefficient (Wildman–Crippen LogP) is 4.16. The molecule has 2 aliphatic rings. The van der Waals surface area contributed by atoms with Gasteiger partial charge in [-0.1, -0.05) is 11.8 Å². The zero-order valence-corrected chi connectivity index (χ0v) is 16.7. The van der Waals surface area contributed by atoms with Crippen molar-refractivity contribution in [3.05, 3.63) is 47.2 Å². The molecular weight excluding hydrogens is 368 g/mol. The van der Waals surface area contributed by atoms with E-state index in [0.29, 0.717) is 10.6 Å². The molecule has 1 saturated heterocycles. The highest BCUT2D eigenvalue weighted by Crippen LogP contribution is 2.27. The van der Waals surface area contributed by atoms with Gasteiger partial charge in [-0.2, -0.15) is 5.26 Å². The van der Waals surface area contributed by atoms with Gasteiger partial charge in [0.25, 0.3) is 0 Å². The van der Waals surface area contributed by atoms with E-state index in [1.165, 1.54) is 35.9 Å². The number of thioether (sulfide) groups is 1. The summed E-state index contributed by atoms with van der Waals surface area (Å²) < 4.78 is 0. The molecule has 1 aliphatic carbocycles. The number of hydrogen-bond acceptors (Lipinski definition) is 5. The van der Waals surface area contributed by atoms with E-state index in [2.05, 4.69) is 33.4 Å². The van der Waals surface area contributed by atoms with Crippen LogP contribution in [0.15, 0.2) is 35.4 Å². The SMILES string of the molecule is N#Cc1cc2c(nc1SCC(=O)Nc1ccc(N3CCCC3)cc1)CCCC2. The summed E-state index contributed by atoms with van der Waals surface area (Å²) in [5.74, 6) is 0.163. The van der Waals surface area contributed by atoms with E-state index in [1.54, 1.807) is 0 Å². The van der Waals surface area contributed by atoms with E-state index in [9.17, 15) is 10.1 Å². The first kappa shape index (κ1) is 18.8.